The van der Waals surface area contributed by atoms with Gasteiger partial charge in [-0.1, -0.05) is 0 Å². The zero-order chi connectivity index (χ0) is 18.4. The first-order chi connectivity index (χ1) is 11.9. The van der Waals surface area contributed by atoms with Gasteiger partial charge in [-0.05, 0) is 37.3 Å². The fourth-order valence-corrected chi connectivity index (χ4v) is 2.87. The van der Waals surface area contributed by atoms with Gasteiger partial charge in [0.15, 0.2) is 0 Å². The van der Waals surface area contributed by atoms with Gasteiger partial charge in [0, 0.05) is 17.5 Å². The molecule has 8 heteroatoms. The van der Waals surface area contributed by atoms with E-state index in [1.54, 1.807) is 24.3 Å². The van der Waals surface area contributed by atoms with Crippen LogP contribution in [-0.4, -0.2) is 31.4 Å². The second-order valence-corrected chi connectivity index (χ2v) is 6.53. The zero-order valence-corrected chi connectivity index (χ0v) is 15.0. The Morgan fingerprint density at radius 2 is 1.88 bits per heavy atom. The summed E-state index contributed by atoms with van der Waals surface area (Å²) in [6, 6.07) is 8.44. The number of amides is 3. The van der Waals surface area contributed by atoms with Crippen LogP contribution in [0.5, 0.6) is 5.75 Å². The van der Waals surface area contributed by atoms with Gasteiger partial charge in [0.05, 0.1) is 24.2 Å². The lowest BCUT2D eigenvalue weighted by molar-refractivity contribution is -0.115. The predicted octanol–water partition coefficient (Wildman–Crippen LogP) is 2.39. The van der Waals surface area contributed by atoms with Gasteiger partial charge in [-0.15, -0.1) is 11.3 Å². The third-order valence-electron chi connectivity index (χ3n) is 3.17. The number of rotatable bonds is 6. The van der Waals surface area contributed by atoms with Crippen molar-refractivity contribution in [3.8, 4) is 5.75 Å². The number of hydrogen-bond acceptors (Lipinski definition) is 5. The van der Waals surface area contributed by atoms with E-state index in [0.29, 0.717) is 22.0 Å². The molecule has 7 nitrogen and oxygen atoms in total. The van der Waals surface area contributed by atoms with Crippen LogP contribution in [0.1, 0.15) is 21.5 Å². The topological polar surface area (TPSA) is 96.5 Å². The van der Waals surface area contributed by atoms with Crippen molar-refractivity contribution in [2.45, 2.75) is 13.8 Å². The Kier molecular flexibility index (Phi) is 6.13. The molecule has 0 spiro atoms. The molecule has 0 saturated carbocycles. The molecule has 0 atom stereocenters. The number of anilines is 2. The molecule has 25 heavy (non-hydrogen) atoms. The molecule has 0 fully saturated rings. The minimum atomic E-state index is -0.403. The highest BCUT2D eigenvalue weighted by Crippen LogP contribution is 2.27. The van der Waals surface area contributed by atoms with Crippen molar-refractivity contribution in [1.82, 2.24) is 5.32 Å². The maximum atomic E-state index is 12.1. The van der Waals surface area contributed by atoms with E-state index in [1.165, 1.54) is 25.4 Å². The second-order valence-electron chi connectivity index (χ2n) is 5.24. The summed E-state index contributed by atoms with van der Waals surface area (Å²) < 4.78 is 5.19. The summed E-state index contributed by atoms with van der Waals surface area (Å²) in [5, 5.41) is 7.86. The number of hydrogen-bond donors (Lipinski definition) is 3. The Hall–Kier alpha value is -2.87. The molecule has 132 valence electrons. The molecule has 0 radical (unpaired) electrons. The molecule has 0 saturated heterocycles. The lowest BCUT2D eigenvalue weighted by Crippen LogP contribution is -2.32. The maximum absolute atomic E-state index is 12.1. The van der Waals surface area contributed by atoms with Gasteiger partial charge in [0.2, 0.25) is 11.8 Å². The molecule has 1 aromatic carbocycles. The van der Waals surface area contributed by atoms with Crippen molar-refractivity contribution < 1.29 is 19.1 Å². The summed E-state index contributed by atoms with van der Waals surface area (Å²) in [6.07, 6.45) is 0. The number of ether oxygens (including phenoxy) is 1. The van der Waals surface area contributed by atoms with Crippen LogP contribution in [0.15, 0.2) is 30.3 Å². The quantitative estimate of drug-likeness (QED) is 0.736. The Morgan fingerprint density at radius 1 is 1.12 bits per heavy atom. The molecule has 1 aromatic heterocycles. The molecular weight excluding hydrogens is 342 g/mol. The van der Waals surface area contributed by atoms with Crippen molar-refractivity contribution in [3.05, 3.63) is 40.1 Å². The Balaban J connectivity index is 1.99. The van der Waals surface area contributed by atoms with Gasteiger partial charge in [-0.25, -0.2) is 0 Å². The SMILES string of the molecule is COc1ccc(NC(C)=O)cc1NC(=O)CNC(=O)c1ccc(C)s1. The van der Waals surface area contributed by atoms with E-state index in [0.717, 1.165) is 4.88 Å². The van der Waals surface area contributed by atoms with Crippen LogP contribution < -0.4 is 20.7 Å². The van der Waals surface area contributed by atoms with Crippen molar-refractivity contribution in [1.29, 1.82) is 0 Å². The Morgan fingerprint density at radius 3 is 2.48 bits per heavy atom. The summed E-state index contributed by atoms with van der Waals surface area (Å²) in [5.74, 6) is -0.476. The normalized spacial score (nSPS) is 10.0. The maximum Gasteiger partial charge on any atom is 0.261 e. The van der Waals surface area contributed by atoms with E-state index in [4.69, 9.17) is 4.74 Å². The number of nitrogens with one attached hydrogen (secondary N) is 3. The smallest absolute Gasteiger partial charge is 0.261 e. The third kappa shape index (κ3) is 5.32. The van der Waals surface area contributed by atoms with Gasteiger partial charge in [-0.2, -0.15) is 0 Å². The van der Waals surface area contributed by atoms with E-state index in [9.17, 15) is 14.4 Å². The van der Waals surface area contributed by atoms with Crippen LogP contribution >= 0.6 is 11.3 Å². The van der Waals surface area contributed by atoms with E-state index >= 15 is 0 Å². The molecule has 0 aliphatic heterocycles. The molecule has 3 N–H and O–H groups in total. The average molecular weight is 361 g/mol. The van der Waals surface area contributed by atoms with Gasteiger partial charge in [-0.3, -0.25) is 14.4 Å². The van der Waals surface area contributed by atoms with Crippen molar-refractivity contribution in [2.24, 2.45) is 0 Å². The third-order valence-corrected chi connectivity index (χ3v) is 4.17. The average Bonchev–Trinajstić information content (AvgIpc) is 2.99. The summed E-state index contributed by atoms with van der Waals surface area (Å²) in [4.78, 5) is 36.8. The summed E-state index contributed by atoms with van der Waals surface area (Å²) >= 11 is 1.36. The monoisotopic (exact) mass is 361 g/mol. The highest BCUT2D eigenvalue weighted by atomic mass is 32.1. The number of methoxy groups -OCH3 is 1. The van der Waals surface area contributed by atoms with Crippen LogP contribution in [0.25, 0.3) is 0 Å². The van der Waals surface area contributed by atoms with E-state index in [2.05, 4.69) is 16.0 Å². The first-order valence-corrected chi connectivity index (χ1v) is 8.31. The summed E-state index contributed by atoms with van der Waals surface area (Å²) in [6.45, 7) is 3.12. The number of carbonyl (C=O) groups is 3. The standard InChI is InChI=1S/C17H19N3O4S/c1-10-4-7-15(25-10)17(23)18-9-16(22)20-13-8-12(19-11(2)21)5-6-14(13)24-3/h4-8H,9H2,1-3H3,(H,18,23)(H,19,21)(H,20,22). The second kappa shape index (κ2) is 8.29. The molecule has 0 aliphatic rings. The molecule has 2 rings (SSSR count). The fraction of sp³-hybridized carbons (Fsp3) is 0.235. The highest BCUT2D eigenvalue weighted by Gasteiger charge is 2.12. The van der Waals surface area contributed by atoms with Crippen LogP contribution in [0.3, 0.4) is 0 Å². The lowest BCUT2D eigenvalue weighted by atomic mass is 10.2. The van der Waals surface area contributed by atoms with Crippen molar-refractivity contribution >= 4 is 40.4 Å². The molecule has 0 unspecified atom stereocenters. The number of thiophene rings is 1. The van der Waals surface area contributed by atoms with E-state index < -0.39 is 5.91 Å². The van der Waals surface area contributed by atoms with E-state index in [1.807, 2.05) is 13.0 Å². The van der Waals surface area contributed by atoms with Crippen LogP contribution in [0.2, 0.25) is 0 Å². The molecular formula is C17H19N3O4S. The molecule has 2 aromatic rings. The van der Waals surface area contributed by atoms with Gasteiger partial charge < -0.3 is 20.7 Å². The molecule has 0 aliphatic carbocycles. The first-order valence-electron chi connectivity index (χ1n) is 7.49. The van der Waals surface area contributed by atoms with Crippen molar-refractivity contribution in [3.63, 3.8) is 0 Å². The molecule has 0 bridgehead atoms. The number of carbonyl (C=O) groups excluding carboxylic acids is 3. The molecule has 1 heterocycles. The number of aryl methyl sites for hydroxylation is 1. The summed E-state index contributed by atoms with van der Waals surface area (Å²) in [5.41, 5.74) is 0.932. The minimum Gasteiger partial charge on any atom is -0.495 e. The van der Waals surface area contributed by atoms with Crippen LogP contribution in [0, 0.1) is 6.92 Å². The van der Waals surface area contributed by atoms with Crippen molar-refractivity contribution in [2.75, 3.05) is 24.3 Å². The first kappa shape index (κ1) is 18.5. The van der Waals surface area contributed by atoms with Crippen LogP contribution in [-0.2, 0) is 9.59 Å². The minimum absolute atomic E-state index is 0.177. The Labute approximate surface area is 149 Å². The van der Waals surface area contributed by atoms with Gasteiger partial charge in [0.25, 0.3) is 5.91 Å². The highest BCUT2D eigenvalue weighted by molar-refractivity contribution is 7.13. The summed E-state index contributed by atoms with van der Waals surface area (Å²) in [7, 11) is 1.48. The number of benzene rings is 1. The van der Waals surface area contributed by atoms with E-state index in [-0.39, 0.29) is 18.4 Å². The zero-order valence-electron chi connectivity index (χ0n) is 14.1. The Bertz CT molecular complexity index is 801. The van der Waals surface area contributed by atoms with Gasteiger partial charge >= 0.3 is 0 Å². The largest absolute Gasteiger partial charge is 0.495 e. The predicted molar refractivity (Wildman–Crippen MR) is 97.3 cm³/mol. The fourth-order valence-electron chi connectivity index (χ4n) is 2.09. The lowest BCUT2D eigenvalue weighted by Gasteiger charge is -2.12. The van der Waals surface area contributed by atoms with Crippen LogP contribution in [0.4, 0.5) is 11.4 Å². The van der Waals surface area contributed by atoms with Gasteiger partial charge in [0.1, 0.15) is 5.75 Å². The molecule has 3 amide bonds.